The van der Waals surface area contributed by atoms with Crippen LogP contribution in [0.5, 0.6) is 5.75 Å². The van der Waals surface area contributed by atoms with Crippen molar-refractivity contribution in [3.05, 3.63) is 30.2 Å². The second-order valence-electron chi connectivity index (χ2n) is 2.95. The van der Waals surface area contributed by atoms with Crippen molar-refractivity contribution in [3.8, 4) is 23.3 Å². The highest BCUT2D eigenvalue weighted by molar-refractivity contribution is 5.62. The van der Waals surface area contributed by atoms with Crippen LogP contribution in [-0.2, 0) is 0 Å². The van der Waals surface area contributed by atoms with Gasteiger partial charge in [0.2, 0.25) is 0 Å². The maximum absolute atomic E-state index is 8.59. The van der Waals surface area contributed by atoms with Gasteiger partial charge in [-0.15, -0.1) is 5.10 Å². The van der Waals surface area contributed by atoms with Gasteiger partial charge < -0.3 is 9.15 Å². The Kier molecular flexibility index (Phi) is 2.83. The van der Waals surface area contributed by atoms with Crippen molar-refractivity contribution in [1.29, 1.82) is 5.26 Å². The normalized spacial score (nSPS) is 9.75. The topological polar surface area (TPSA) is 71.9 Å². The molecule has 80 valence electrons. The maximum Gasteiger partial charge on any atom is 0.321 e. The summed E-state index contributed by atoms with van der Waals surface area (Å²) in [6.45, 7) is 2.45. The highest BCUT2D eigenvalue weighted by Gasteiger charge is 2.12. The fraction of sp³-hybridized carbons (Fsp3) is 0.182. The minimum absolute atomic E-state index is 0.0544. The lowest BCUT2D eigenvalue weighted by Gasteiger charge is -2.05. The van der Waals surface area contributed by atoms with Gasteiger partial charge in [0.25, 0.3) is 5.89 Å². The number of rotatable bonds is 3. The number of ether oxygens (including phenoxy) is 1. The lowest BCUT2D eigenvalue weighted by atomic mass is 10.2. The molecule has 0 saturated carbocycles. The summed E-state index contributed by atoms with van der Waals surface area (Å²) in [6, 6.07) is 9.11. The van der Waals surface area contributed by atoms with Crippen molar-refractivity contribution in [2.45, 2.75) is 6.92 Å². The molecular weight excluding hydrogens is 206 g/mol. The number of benzene rings is 1. The summed E-state index contributed by atoms with van der Waals surface area (Å²) in [5.74, 6) is 0.903. The molecule has 1 heterocycles. The monoisotopic (exact) mass is 215 g/mol. The summed E-state index contributed by atoms with van der Waals surface area (Å²) in [4.78, 5) is 0. The molecule has 0 bridgehead atoms. The van der Waals surface area contributed by atoms with Crippen LogP contribution >= 0.6 is 0 Å². The lowest BCUT2D eigenvalue weighted by Crippen LogP contribution is -1.93. The van der Waals surface area contributed by atoms with Gasteiger partial charge in [-0.2, -0.15) is 5.26 Å². The van der Waals surface area contributed by atoms with E-state index in [0.29, 0.717) is 23.8 Å². The third-order valence-corrected chi connectivity index (χ3v) is 1.94. The Morgan fingerprint density at radius 2 is 2.19 bits per heavy atom. The average molecular weight is 215 g/mol. The molecule has 0 aliphatic carbocycles. The van der Waals surface area contributed by atoms with Gasteiger partial charge in [0, 0.05) is 0 Å². The summed E-state index contributed by atoms with van der Waals surface area (Å²) in [5.41, 5.74) is 0.693. The Balaban J connectivity index is 2.43. The highest BCUT2D eigenvalue weighted by atomic mass is 16.5. The molecule has 0 aliphatic rings. The van der Waals surface area contributed by atoms with Crippen LogP contribution in [0.3, 0.4) is 0 Å². The van der Waals surface area contributed by atoms with Crippen LogP contribution in [-0.4, -0.2) is 16.8 Å². The Morgan fingerprint density at radius 3 is 2.88 bits per heavy atom. The number of hydrogen-bond donors (Lipinski definition) is 0. The van der Waals surface area contributed by atoms with Crippen molar-refractivity contribution in [2.24, 2.45) is 0 Å². The van der Waals surface area contributed by atoms with Crippen molar-refractivity contribution in [2.75, 3.05) is 6.61 Å². The van der Waals surface area contributed by atoms with Gasteiger partial charge >= 0.3 is 5.89 Å². The smallest absolute Gasteiger partial charge is 0.321 e. The van der Waals surface area contributed by atoms with Crippen molar-refractivity contribution >= 4 is 0 Å². The predicted octanol–water partition coefficient (Wildman–Crippen LogP) is 2.01. The molecule has 2 aromatic rings. The largest absolute Gasteiger partial charge is 0.493 e. The van der Waals surface area contributed by atoms with E-state index < -0.39 is 0 Å². The zero-order valence-corrected chi connectivity index (χ0v) is 8.67. The number of nitrogens with zero attached hydrogens (tertiary/aromatic N) is 3. The van der Waals surface area contributed by atoms with Crippen LogP contribution in [0.4, 0.5) is 0 Å². The van der Waals surface area contributed by atoms with Gasteiger partial charge in [0.15, 0.2) is 6.07 Å². The summed E-state index contributed by atoms with van der Waals surface area (Å²) >= 11 is 0. The standard InChI is InChI=1S/C11H9N3O2/c1-2-15-9-6-4-3-5-8(9)11-14-13-10(7-12)16-11/h3-6H,2H2,1H3. The molecule has 0 fully saturated rings. The van der Waals surface area contributed by atoms with Crippen molar-refractivity contribution in [1.82, 2.24) is 10.2 Å². The van der Waals surface area contributed by atoms with E-state index in [9.17, 15) is 0 Å². The lowest BCUT2D eigenvalue weighted by molar-refractivity contribution is 0.340. The minimum atomic E-state index is -0.0544. The second kappa shape index (κ2) is 4.45. The van der Waals surface area contributed by atoms with Gasteiger partial charge in [-0.05, 0) is 19.1 Å². The maximum atomic E-state index is 8.59. The molecule has 0 radical (unpaired) electrons. The molecule has 0 atom stereocenters. The van der Waals surface area contributed by atoms with E-state index in [1.54, 1.807) is 12.1 Å². The Hall–Kier alpha value is -2.35. The van der Waals surface area contributed by atoms with E-state index in [-0.39, 0.29) is 5.89 Å². The SMILES string of the molecule is CCOc1ccccc1-c1nnc(C#N)o1. The van der Waals surface area contributed by atoms with Crippen LogP contribution in [0.2, 0.25) is 0 Å². The predicted molar refractivity (Wildman–Crippen MR) is 55.6 cm³/mol. The van der Waals surface area contributed by atoms with E-state index in [1.807, 2.05) is 25.1 Å². The summed E-state index contributed by atoms with van der Waals surface area (Å²) in [7, 11) is 0. The molecule has 1 aromatic carbocycles. The van der Waals surface area contributed by atoms with Crippen molar-refractivity contribution in [3.63, 3.8) is 0 Å². The number of hydrogen-bond acceptors (Lipinski definition) is 5. The third kappa shape index (κ3) is 1.86. The van der Waals surface area contributed by atoms with Gasteiger partial charge in [0.05, 0.1) is 12.2 Å². The van der Waals surface area contributed by atoms with Crippen LogP contribution in [0.15, 0.2) is 28.7 Å². The third-order valence-electron chi connectivity index (χ3n) is 1.94. The van der Waals surface area contributed by atoms with E-state index in [1.165, 1.54) is 0 Å². The average Bonchev–Trinajstić information content (AvgIpc) is 2.79. The van der Waals surface area contributed by atoms with Crippen molar-refractivity contribution < 1.29 is 9.15 Å². The molecule has 0 aliphatic heterocycles. The van der Waals surface area contributed by atoms with E-state index in [4.69, 9.17) is 14.4 Å². The molecule has 0 unspecified atom stereocenters. The highest BCUT2D eigenvalue weighted by Crippen LogP contribution is 2.28. The molecule has 0 spiro atoms. The second-order valence-corrected chi connectivity index (χ2v) is 2.95. The van der Waals surface area contributed by atoms with Crippen LogP contribution in [0.1, 0.15) is 12.8 Å². The van der Waals surface area contributed by atoms with E-state index in [2.05, 4.69) is 10.2 Å². The zero-order valence-electron chi connectivity index (χ0n) is 8.67. The first-order valence-corrected chi connectivity index (χ1v) is 4.81. The first-order chi connectivity index (χ1) is 7.85. The molecular formula is C11H9N3O2. The van der Waals surface area contributed by atoms with Crippen LogP contribution in [0, 0.1) is 11.3 Å². The first kappa shape index (κ1) is 10.2. The van der Waals surface area contributed by atoms with Crippen LogP contribution in [0.25, 0.3) is 11.5 Å². The van der Waals surface area contributed by atoms with Gasteiger partial charge in [-0.3, -0.25) is 0 Å². The Labute approximate surface area is 92.3 Å². The first-order valence-electron chi connectivity index (χ1n) is 4.81. The van der Waals surface area contributed by atoms with Gasteiger partial charge in [0.1, 0.15) is 5.75 Å². The molecule has 2 rings (SSSR count). The molecule has 5 nitrogen and oxygen atoms in total. The molecule has 0 amide bonds. The number of aromatic nitrogens is 2. The zero-order chi connectivity index (χ0) is 11.4. The molecule has 5 heteroatoms. The minimum Gasteiger partial charge on any atom is -0.493 e. The summed E-state index contributed by atoms with van der Waals surface area (Å²) in [5, 5.41) is 16.0. The molecule has 1 aromatic heterocycles. The van der Waals surface area contributed by atoms with E-state index >= 15 is 0 Å². The molecule has 0 saturated heterocycles. The number of nitriles is 1. The molecule has 16 heavy (non-hydrogen) atoms. The Morgan fingerprint density at radius 1 is 1.38 bits per heavy atom. The summed E-state index contributed by atoms with van der Waals surface area (Å²) < 4.78 is 10.6. The van der Waals surface area contributed by atoms with Crippen LogP contribution < -0.4 is 4.74 Å². The fourth-order valence-electron chi connectivity index (χ4n) is 1.30. The summed E-state index contributed by atoms with van der Waals surface area (Å²) in [6.07, 6.45) is 0. The molecule has 0 N–H and O–H groups in total. The van der Waals surface area contributed by atoms with Gasteiger partial charge in [-0.25, -0.2) is 0 Å². The number of para-hydroxylation sites is 1. The van der Waals surface area contributed by atoms with Gasteiger partial charge in [-0.1, -0.05) is 17.2 Å². The van der Waals surface area contributed by atoms with E-state index in [0.717, 1.165) is 0 Å². The quantitative estimate of drug-likeness (QED) is 0.783. The fourth-order valence-corrected chi connectivity index (χ4v) is 1.30. The Bertz CT molecular complexity index is 528.